The highest BCUT2D eigenvalue weighted by molar-refractivity contribution is 5.97. The monoisotopic (exact) mass is 259 g/mol. The quantitative estimate of drug-likeness (QED) is 0.874. The first-order valence-electron chi connectivity index (χ1n) is 5.37. The number of carbonyl (C=O) groups excluding carboxylic acids is 1. The molecule has 1 saturated carbocycles. The zero-order valence-electron chi connectivity index (χ0n) is 9.64. The number of aromatic nitrogens is 1. The first-order valence-corrected chi connectivity index (χ1v) is 5.37. The molecule has 1 heterocycles. The van der Waals surface area contributed by atoms with Crippen LogP contribution in [0.3, 0.4) is 0 Å². The van der Waals surface area contributed by atoms with Crippen molar-refractivity contribution in [2.24, 2.45) is 5.73 Å². The van der Waals surface area contributed by atoms with Crippen LogP contribution in [0.25, 0.3) is 0 Å². The minimum absolute atomic E-state index is 0.0314. The number of rotatable bonds is 3. The van der Waals surface area contributed by atoms with Crippen LogP contribution in [0.15, 0.2) is 12.1 Å². The maximum absolute atomic E-state index is 12.5. The Labute approximate surface area is 101 Å². The van der Waals surface area contributed by atoms with Crippen LogP contribution in [-0.4, -0.2) is 16.4 Å². The predicted molar refractivity (Wildman–Crippen MR) is 59.0 cm³/mol. The Morgan fingerprint density at radius 1 is 1.44 bits per heavy atom. The zero-order chi connectivity index (χ0) is 13.6. The Morgan fingerprint density at radius 2 is 2.06 bits per heavy atom. The molecule has 0 spiro atoms. The van der Waals surface area contributed by atoms with Gasteiger partial charge in [0.05, 0.1) is 5.56 Å². The van der Waals surface area contributed by atoms with Gasteiger partial charge in [-0.05, 0) is 31.9 Å². The van der Waals surface area contributed by atoms with Gasteiger partial charge in [-0.1, -0.05) is 0 Å². The molecule has 0 aliphatic heterocycles. The number of nitrogens with two attached hydrogens (primary N) is 1. The number of halogens is 3. The van der Waals surface area contributed by atoms with Crippen LogP contribution in [-0.2, 0) is 6.18 Å². The lowest BCUT2D eigenvalue weighted by atomic mass is 10.2. The minimum atomic E-state index is -4.54. The van der Waals surface area contributed by atoms with E-state index in [1.165, 1.54) is 0 Å². The van der Waals surface area contributed by atoms with Gasteiger partial charge < -0.3 is 11.1 Å². The number of hydrogen-bond donors (Lipinski definition) is 2. The van der Waals surface area contributed by atoms with E-state index in [9.17, 15) is 18.0 Å². The fourth-order valence-corrected chi connectivity index (χ4v) is 1.51. The summed E-state index contributed by atoms with van der Waals surface area (Å²) in [6.07, 6.45) is -2.90. The van der Waals surface area contributed by atoms with Gasteiger partial charge in [0.25, 0.3) is 5.91 Å². The molecule has 1 fully saturated rings. The van der Waals surface area contributed by atoms with Crippen molar-refractivity contribution in [2.45, 2.75) is 31.5 Å². The van der Waals surface area contributed by atoms with Crippen LogP contribution in [0.5, 0.6) is 0 Å². The molecule has 18 heavy (non-hydrogen) atoms. The average Bonchev–Trinajstić information content (AvgIpc) is 2.94. The molecule has 0 aromatic carbocycles. The van der Waals surface area contributed by atoms with Crippen molar-refractivity contribution < 1.29 is 18.0 Å². The molecule has 1 aromatic heterocycles. The second kappa shape index (κ2) is 3.86. The van der Waals surface area contributed by atoms with Crippen molar-refractivity contribution in [2.75, 3.05) is 5.32 Å². The average molecular weight is 259 g/mol. The Bertz CT molecular complexity index is 495. The van der Waals surface area contributed by atoms with Crippen molar-refractivity contribution in [3.8, 4) is 0 Å². The fourth-order valence-electron chi connectivity index (χ4n) is 1.51. The third-order valence-corrected chi connectivity index (χ3v) is 2.87. The Kier molecular flexibility index (Phi) is 2.71. The summed E-state index contributed by atoms with van der Waals surface area (Å²) in [5, 5.41) is 2.84. The number of primary amides is 1. The summed E-state index contributed by atoms with van der Waals surface area (Å²) in [6.45, 7) is 1.85. The van der Waals surface area contributed by atoms with Crippen molar-refractivity contribution >= 4 is 11.7 Å². The molecule has 3 N–H and O–H groups in total. The lowest BCUT2D eigenvalue weighted by molar-refractivity contribution is -0.141. The summed E-state index contributed by atoms with van der Waals surface area (Å²) in [4.78, 5) is 14.6. The highest BCUT2D eigenvalue weighted by Crippen LogP contribution is 2.39. The molecule has 0 saturated heterocycles. The molecule has 1 aromatic rings. The second-order valence-corrected chi connectivity index (χ2v) is 4.64. The maximum atomic E-state index is 12.5. The van der Waals surface area contributed by atoms with Crippen LogP contribution in [0.2, 0.25) is 0 Å². The molecule has 7 heteroatoms. The first-order chi connectivity index (χ1) is 8.21. The van der Waals surface area contributed by atoms with Gasteiger partial charge in [0.1, 0.15) is 11.5 Å². The molecule has 1 aliphatic rings. The SMILES string of the molecule is CC1(Nc2nc(C(F)(F)F)ccc2C(N)=O)CC1. The number of nitrogens with zero attached hydrogens (tertiary/aromatic N) is 1. The third-order valence-electron chi connectivity index (χ3n) is 2.87. The smallest absolute Gasteiger partial charge is 0.365 e. The number of hydrogen-bond acceptors (Lipinski definition) is 3. The van der Waals surface area contributed by atoms with E-state index in [4.69, 9.17) is 5.73 Å². The molecule has 98 valence electrons. The van der Waals surface area contributed by atoms with Gasteiger partial charge in [-0.25, -0.2) is 4.98 Å². The van der Waals surface area contributed by atoms with Crippen LogP contribution in [0.4, 0.5) is 19.0 Å². The summed E-state index contributed by atoms with van der Waals surface area (Å²) >= 11 is 0. The molecular weight excluding hydrogens is 247 g/mol. The summed E-state index contributed by atoms with van der Waals surface area (Å²) in [5.41, 5.74) is 3.75. The second-order valence-electron chi connectivity index (χ2n) is 4.64. The Balaban J connectivity index is 2.41. The van der Waals surface area contributed by atoms with Gasteiger partial charge in [0, 0.05) is 5.54 Å². The predicted octanol–water partition coefficient (Wildman–Crippen LogP) is 2.16. The van der Waals surface area contributed by atoms with Crippen LogP contribution in [0.1, 0.15) is 35.8 Å². The Hall–Kier alpha value is -1.79. The van der Waals surface area contributed by atoms with Crippen molar-refractivity contribution in [3.63, 3.8) is 0 Å². The topological polar surface area (TPSA) is 68.0 Å². The largest absolute Gasteiger partial charge is 0.433 e. The van der Waals surface area contributed by atoms with Crippen molar-refractivity contribution in [1.82, 2.24) is 4.98 Å². The van der Waals surface area contributed by atoms with Crippen molar-refractivity contribution in [1.29, 1.82) is 0 Å². The lowest BCUT2D eigenvalue weighted by Gasteiger charge is -2.16. The van der Waals surface area contributed by atoms with Crippen LogP contribution in [0, 0.1) is 0 Å². The lowest BCUT2D eigenvalue weighted by Crippen LogP contribution is -2.23. The molecule has 1 amide bonds. The number of nitrogens with one attached hydrogen (secondary N) is 1. The minimum Gasteiger partial charge on any atom is -0.365 e. The molecule has 4 nitrogen and oxygen atoms in total. The molecule has 0 radical (unpaired) electrons. The number of anilines is 1. The van der Waals surface area contributed by atoms with Crippen molar-refractivity contribution in [3.05, 3.63) is 23.4 Å². The highest BCUT2D eigenvalue weighted by Gasteiger charge is 2.39. The van der Waals surface area contributed by atoms with E-state index in [-0.39, 0.29) is 16.9 Å². The van der Waals surface area contributed by atoms with Gasteiger partial charge in [0.2, 0.25) is 0 Å². The van der Waals surface area contributed by atoms with E-state index in [0.717, 1.165) is 25.0 Å². The van der Waals surface area contributed by atoms with Gasteiger partial charge in [-0.3, -0.25) is 4.79 Å². The van der Waals surface area contributed by atoms with Gasteiger partial charge in [-0.15, -0.1) is 0 Å². The standard InChI is InChI=1S/C11H12F3N3O/c1-10(4-5-10)17-9-6(8(15)18)2-3-7(16-9)11(12,13)14/h2-3H,4-5H2,1H3,(H2,15,18)(H,16,17). The molecule has 1 aliphatic carbocycles. The maximum Gasteiger partial charge on any atom is 0.433 e. The van der Waals surface area contributed by atoms with E-state index in [2.05, 4.69) is 10.3 Å². The van der Waals surface area contributed by atoms with Gasteiger partial charge >= 0.3 is 6.18 Å². The molecule has 2 rings (SSSR count). The number of amides is 1. The highest BCUT2D eigenvalue weighted by atomic mass is 19.4. The summed E-state index contributed by atoms with van der Waals surface area (Å²) in [6, 6.07) is 1.80. The van der Waals surface area contributed by atoms with Gasteiger partial charge in [-0.2, -0.15) is 13.2 Å². The van der Waals surface area contributed by atoms with E-state index in [1.54, 1.807) is 0 Å². The zero-order valence-corrected chi connectivity index (χ0v) is 9.64. The number of alkyl halides is 3. The summed E-state index contributed by atoms with van der Waals surface area (Å²) in [5.74, 6) is -0.903. The number of carbonyl (C=O) groups is 1. The normalized spacial score (nSPS) is 17.3. The fraction of sp³-hybridized carbons (Fsp3) is 0.455. The Morgan fingerprint density at radius 3 is 2.50 bits per heavy atom. The summed E-state index contributed by atoms with van der Waals surface area (Å²) in [7, 11) is 0. The molecule has 0 atom stereocenters. The molecule has 0 unspecified atom stereocenters. The van der Waals surface area contributed by atoms with E-state index < -0.39 is 17.8 Å². The third kappa shape index (κ3) is 2.55. The molecule has 0 bridgehead atoms. The van der Waals surface area contributed by atoms with E-state index in [0.29, 0.717) is 0 Å². The van der Waals surface area contributed by atoms with E-state index in [1.807, 2.05) is 6.92 Å². The van der Waals surface area contributed by atoms with Gasteiger partial charge in [0.15, 0.2) is 0 Å². The molecular formula is C11H12F3N3O. The first kappa shape index (κ1) is 12.7. The number of pyridine rings is 1. The summed E-state index contributed by atoms with van der Waals surface area (Å²) < 4.78 is 37.6. The van der Waals surface area contributed by atoms with Crippen LogP contribution < -0.4 is 11.1 Å². The van der Waals surface area contributed by atoms with Crippen LogP contribution >= 0.6 is 0 Å². The van der Waals surface area contributed by atoms with E-state index >= 15 is 0 Å².